The van der Waals surface area contributed by atoms with Gasteiger partial charge in [0.25, 0.3) is 0 Å². The highest BCUT2D eigenvalue weighted by Gasteiger charge is 2.15. The molecule has 1 aromatic heterocycles. The zero-order valence-corrected chi connectivity index (χ0v) is 11.4. The Hall–Kier alpha value is -0.660. The number of thiophene rings is 1. The van der Waals surface area contributed by atoms with Crippen molar-refractivity contribution in [1.82, 2.24) is 0 Å². The van der Waals surface area contributed by atoms with Gasteiger partial charge < -0.3 is 0 Å². The summed E-state index contributed by atoms with van der Waals surface area (Å²) in [5.41, 5.74) is -0.246. The Morgan fingerprint density at radius 2 is 2.25 bits per heavy atom. The van der Waals surface area contributed by atoms with Crippen LogP contribution >= 0.6 is 11.3 Å². The average Bonchev–Trinajstić information content (AvgIpc) is 2.77. The number of unbranched alkanes of at least 4 members (excludes halogenated alkanes) is 1. The van der Waals surface area contributed by atoms with E-state index in [0.717, 1.165) is 23.5 Å². The maximum absolute atomic E-state index is 11.8. The fraction of sp³-hybridized carbons (Fsp3) is 0.583. The van der Waals surface area contributed by atoms with Crippen molar-refractivity contribution < 1.29 is 4.21 Å². The van der Waals surface area contributed by atoms with Crippen LogP contribution in [0.4, 0.5) is 0 Å². The zero-order chi connectivity index (χ0) is 12.0. The SMILES string of the molecule is CC(C)(C#N)CCCCS(=O)c1cccs1. The van der Waals surface area contributed by atoms with Gasteiger partial charge in [-0.05, 0) is 38.1 Å². The van der Waals surface area contributed by atoms with Crippen molar-refractivity contribution in [3.8, 4) is 6.07 Å². The number of rotatable bonds is 6. The zero-order valence-electron chi connectivity index (χ0n) is 9.73. The first-order valence-corrected chi connectivity index (χ1v) is 7.58. The molecule has 2 nitrogen and oxygen atoms in total. The Balaban J connectivity index is 2.22. The minimum Gasteiger partial charge on any atom is -0.254 e. The second-order valence-electron chi connectivity index (χ2n) is 4.43. The highest BCUT2D eigenvalue weighted by atomic mass is 32.2. The van der Waals surface area contributed by atoms with Crippen LogP contribution in [-0.4, -0.2) is 9.96 Å². The van der Waals surface area contributed by atoms with Gasteiger partial charge in [0.1, 0.15) is 0 Å². The third-order valence-electron chi connectivity index (χ3n) is 2.40. The summed E-state index contributed by atoms with van der Waals surface area (Å²) in [4.78, 5) is 0. The molecular formula is C12H17NOS2. The minimum absolute atomic E-state index is 0.246. The predicted molar refractivity (Wildman–Crippen MR) is 68.8 cm³/mol. The Bertz CT molecular complexity index is 376. The van der Waals surface area contributed by atoms with Crippen LogP contribution in [-0.2, 0) is 10.8 Å². The largest absolute Gasteiger partial charge is 0.254 e. The summed E-state index contributed by atoms with van der Waals surface area (Å²) >= 11 is 1.55. The molecule has 0 aliphatic carbocycles. The van der Waals surface area contributed by atoms with Gasteiger partial charge in [0, 0.05) is 5.75 Å². The summed E-state index contributed by atoms with van der Waals surface area (Å²) in [6.45, 7) is 3.90. The Morgan fingerprint density at radius 1 is 1.50 bits per heavy atom. The van der Waals surface area contributed by atoms with E-state index in [2.05, 4.69) is 6.07 Å². The highest BCUT2D eigenvalue weighted by Crippen LogP contribution is 2.22. The lowest BCUT2D eigenvalue weighted by Crippen LogP contribution is -2.08. The smallest absolute Gasteiger partial charge is 0.0910 e. The third kappa shape index (κ3) is 4.46. The Labute approximate surface area is 104 Å². The van der Waals surface area contributed by atoms with E-state index in [1.807, 2.05) is 31.4 Å². The molecule has 0 amide bonds. The summed E-state index contributed by atoms with van der Waals surface area (Å²) < 4.78 is 12.7. The molecule has 1 unspecified atom stereocenters. The lowest BCUT2D eigenvalue weighted by molar-refractivity contribution is 0.432. The summed E-state index contributed by atoms with van der Waals surface area (Å²) in [6.07, 6.45) is 2.78. The fourth-order valence-electron chi connectivity index (χ4n) is 1.35. The van der Waals surface area contributed by atoms with Crippen LogP contribution in [0, 0.1) is 16.7 Å². The van der Waals surface area contributed by atoms with E-state index < -0.39 is 10.8 Å². The Kier molecular flexibility index (Phi) is 5.17. The van der Waals surface area contributed by atoms with Crippen molar-refractivity contribution in [1.29, 1.82) is 5.26 Å². The first kappa shape index (κ1) is 13.4. The molecule has 0 saturated carbocycles. The minimum atomic E-state index is -0.847. The molecule has 0 aromatic carbocycles. The molecule has 1 aromatic rings. The van der Waals surface area contributed by atoms with Gasteiger partial charge in [0.2, 0.25) is 0 Å². The van der Waals surface area contributed by atoms with Crippen molar-refractivity contribution >= 4 is 22.1 Å². The van der Waals surface area contributed by atoms with Gasteiger partial charge in [-0.25, -0.2) is 0 Å². The van der Waals surface area contributed by atoms with E-state index in [1.54, 1.807) is 11.3 Å². The quantitative estimate of drug-likeness (QED) is 0.729. The van der Waals surface area contributed by atoms with Crippen LogP contribution in [0.25, 0.3) is 0 Å². The van der Waals surface area contributed by atoms with Gasteiger partial charge in [-0.3, -0.25) is 4.21 Å². The number of nitriles is 1. The lowest BCUT2D eigenvalue weighted by atomic mass is 9.89. The van der Waals surface area contributed by atoms with Gasteiger partial charge >= 0.3 is 0 Å². The third-order valence-corrected chi connectivity index (χ3v) is 5.16. The average molecular weight is 255 g/mol. The molecular weight excluding hydrogens is 238 g/mol. The van der Waals surface area contributed by atoms with Crippen molar-refractivity contribution in [2.75, 3.05) is 5.75 Å². The van der Waals surface area contributed by atoms with Crippen LogP contribution in [0.5, 0.6) is 0 Å². The normalized spacial score (nSPS) is 13.3. The molecule has 4 heteroatoms. The van der Waals surface area contributed by atoms with E-state index in [9.17, 15) is 4.21 Å². The van der Waals surface area contributed by atoms with Gasteiger partial charge in [-0.15, -0.1) is 11.3 Å². The van der Waals surface area contributed by atoms with Gasteiger partial charge in [-0.1, -0.05) is 12.5 Å². The first-order valence-electron chi connectivity index (χ1n) is 5.38. The van der Waals surface area contributed by atoms with E-state index in [4.69, 9.17) is 5.26 Å². The number of nitrogens with zero attached hydrogens (tertiary/aromatic N) is 1. The molecule has 88 valence electrons. The summed E-state index contributed by atoms with van der Waals surface area (Å²) in [6, 6.07) is 6.13. The first-order chi connectivity index (χ1) is 7.55. The molecule has 0 radical (unpaired) electrons. The molecule has 1 rings (SSSR count). The summed E-state index contributed by atoms with van der Waals surface area (Å²) in [5, 5.41) is 10.8. The van der Waals surface area contributed by atoms with E-state index >= 15 is 0 Å². The Morgan fingerprint density at radius 3 is 2.81 bits per heavy atom. The summed E-state index contributed by atoms with van der Waals surface area (Å²) in [5.74, 6) is 0.710. The van der Waals surface area contributed by atoms with Crippen molar-refractivity contribution in [3.63, 3.8) is 0 Å². The monoisotopic (exact) mass is 255 g/mol. The van der Waals surface area contributed by atoms with E-state index in [0.29, 0.717) is 5.75 Å². The molecule has 0 fully saturated rings. The second kappa shape index (κ2) is 6.17. The molecule has 0 saturated heterocycles. The lowest BCUT2D eigenvalue weighted by Gasteiger charge is -2.13. The van der Waals surface area contributed by atoms with Crippen LogP contribution in [0.1, 0.15) is 33.1 Å². The topological polar surface area (TPSA) is 40.9 Å². The predicted octanol–water partition coefficient (Wildman–Crippen LogP) is 3.58. The van der Waals surface area contributed by atoms with Gasteiger partial charge in [0.05, 0.1) is 26.5 Å². The standard InChI is InChI=1S/C12H17NOS2/c1-12(2,10-13)7-3-4-9-16(14)11-6-5-8-15-11/h5-6,8H,3-4,7,9H2,1-2H3. The maximum atomic E-state index is 11.8. The summed E-state index contributed by atoms with van der Waals surface area (Å²) in [7, 11) is -0.847. The van der Waals surface area contributed by atoms with Crippen LogP contribution < -0.4 is 0 Å². The molecule has 1 heterocycles. The molecule has 0 aliphatic rings. The van der Waals surface area contributed by atoms with Gasteiger partial charge in [0.15, 0.2) is 0 Å². The van der Waals surface area contributed by atoms with Crippen LogP contribution in [0.3, 0.4) is 0 Å². The van der Waals surface area contributed by atoms with Crippen LogP contribution in [0.2, 0.25) is 0 Å². The van der Waals surface area contributed by atoms with Crippen molar-refractivity contribution in [3.05, 3.63) is 17.5 Å². The number of hydrogen-bond acceptors (Lipinski definition) is 3. The molecule has 0 aliphatic heterocycles. The second-order valence-corrected chi connectivity index (χ2v) is 7.18. The molecule has 0 N–H and O–H groups in total. The van der Waals surface area contributed by atoms with Gasteiger partial charge in [-0.2, -0.15) is 5.26 Å². The highest BCUT2D eigenvalue weighted by molar-refractivity contribution is 7.87. The van der Waals surface area contributed by atoms with E-state index in [1.165, 1.54) is 0 Å². The molecule has 0 spiro atoms. The maximum Gasteiger partial charge on any atom is 0.0910 e. The molecule has 1 atom stereocenters. The van der Waals surface area contributed by atoms with Crippen molar-refractivity contribution in [2.45, 2.75) is 37.3 Å². The number of hydrogen-bond donors (Lipinski definition) is 0. The van der Waals surface area contributed by atoms with E-state index in [-0.39, 0.29) is 5.41 Å². The fourth-order valence-corrected chi connectivity index (χ4v) is 3.54. The van der Waals surface area contributed by atoms with Crippen LogP contribution in [0.15, 0.2) is 21.7 Å². The van der Waals surface area contributed by atoms with Crippen molar-refractivity contribution in [2.24, 2.45) is 5.41 Å². The molecule has 0 bridgehead atoms. The molecule has 16 heavy (non-hydrogen) atoms.